The SMILES string of the molecule is CC(C)(Oc1ccc([C@@H]2CC2(Cl)Cl)cc1)C(=O)N1CC[C@]2(O)CCCC[C@@H]2C1. The Kier molecular flexibility index (Phi) is 5.13. The van der Waals surface area contributed by atoms with Crippen LogP contribution >= 0.6 is 23.2 Å². The molecule has 1 heterocycles. The molecular formula is C22H29Cl2NO3. The normalized spacial score (nSPS) is 31.8. The molecule has 1 aliphatic heterocycles. The second kappa shape index (κ2) is 7.07. The second-order valence-corrected chi connectivity index (χ2v) is 10.8. The maximum atomic E-state index is 13.2. The molecule has 0 aromatic heterocycles. The van der Waals surface area contributed by atoms with Crippen molar-refractivity contribution in [2.24, 2.45) is 5.92 Å². The number of alkyl halides is 2. The maximum Gasteiger partial charge on any atom is 0.266 e. The summed E-state index contributed by atoms with van der Waals surface area (Å²) in [6.45, 7) is 4.84. The van der Waals surface area contributed by atoms with Gasteiger partial charge in [0.15, 0.2) is 5.60 Å². The molecule has 1 aromatic carbocycles. The number of nitrogens with zero attached hydrogens (tertiary/aromatic N) is 1. The van der Waals surface area contributed by atoms with Crippen molar-refractivity contribution in [2.45, 2.75) is 73.8 Å². The second-order valence-electron chi connectivity index (χ2n) is 9.25. The highest BCUT2D eigenvalue weighted by atomic mass is 35.5. The first-order valence-corrected chi connectivity index (χ1v) is 11.0. The lowest BCUT2D eigenvalue weighted by molar-refractivity contribution is -0.156. The van der Waals surface area contributed by atoms with Gasteiger partial charge in [-0.05, 0) is 57.2 Å². The van der Waals surface area contributed by atoms with Crippen molar-refractivity contribution < 1.29 is 14.6 Å². The molecule has 2 saturated carbocycles. The minimum atomic E-state index is -0.964. The van der Waals surface area contributed by atoms with Gasteiger partial charge in [0.2, 0.25) is 0 Å². The molecule has 0 radical (unpaired) electrons. The Morgan fingerprint density at radius 2 is 1.89 bits per heavy atom. The zero-order valence-electron chi connectivity index (χ0n) is 16.6. The fraction of sp³-hybridized carbons (Fsp3) is 0.682. The number of carbonyl (C=O) groups excluding carboxylic acids is 1. The van der Waals surface area contributed by atoms with E-state index in [1.165, 1.54) is 0 Å². The van der Waals surface area contributed by atoms with Gasteiger partial charge in [0, 0.05) is 24.9 Å². The fourth-order valence-electron chi connectivity index (χ4n) is 4.82. The molecule has 0 unspecified atom stereocenters. The minimum Gasteiger partial charge on any atom is -0.478 e. The Morgan fingerprint density at radius 3 is 2.54 bits per heavy atom. The molecule has 3 aliphatic rings. The summed E-state index contributed by atoms with van der Waals surface area (Å²) >= 11 is 12.3. The van der Waals surface area contributed by atoms with Crippen LogP contribution in [0.4, 0.5) is 0 Å². The Bertz CT molecular complexity index is 749. The summed E-state index contributed by atoms with van der Waals surface area (Å²) in [5, 5.41) is 10.9. The monoisotopic (exact) mass is 425 g/mol. The third-order valence-electron chi connectivity index (χ3n) is 6.71. The molecule has 1 amide bonds. The topological polar surface area (TPSA) is 49.8 Å². The van der Waals surface area contributed by atoms with E-state index in [9.17, 15) is 9.90 Å². The van der Waals surface area contributed by atoms with Gasteiger partial charge in [-0.25, -0.2) is 0 Å². The highest BCUT2D eigenvalue weighted by Gasteiger charge is 2.52. The first kappa shape index (κ1) is 20.3. The maximum absolute atomic E-state index is 13.2. The van der Waals surface area contributed by atoms with E-state index in [2.05, 4.69) is 0 Å². The van der Waals surface area contributed by atoms with E-state index in [-0.39, 0.29) is 17.7 Å². The van der Waals surface area contributed by atoms with Gasteiger partial charge in [0.25, 0.3) is 5.91 Å². The Morgan fingerprint density at radius 1 is 1.21 bits per heavy atom. The van der Waals surface area contributed by atoms with Crippen molar-refractivity contribution in [2.75, 3.05) is 13.1 Å². The van der Waals surface area contributed by atoms with Crippen LogP contribution < -0.4 is 4.74 Å². The molecule has 28 heavy (non-hydrogen) atoms. The van der Waals surface area contributed by atoms with Crippen LogP contribution in [0.1, 0.15) is 63.9 Å². The Hall–Kier alpha value is -0.970. The van der Waals surface area contributed by atoms with Gasteiger partial charge >= 0.3 is 0 Å². The Labute approximate surface area is 177 Å². The van der Waals surface area contributed by atoms with Crippen LogP contribution in [-0.4, -0.2) is 44.5 Å². The van der Waals surface area contributed by atoms with Gasteiger partial charge in [0.05, 0.1) is 5.60 Å². The number of aliphatic hydroxyl groups is 1. The van der Waals surface area contributed by atoms with Crippen molar-refractivity contribution in [3.05, 3.63) is 29.8 Å². The molecule has 2 aliphatic carbocycles. The molecule has 1 aromatic rings. The molecule has 0 spiro atoms. The summed E-state index contributed by atoms with van der Waals surface area (Å²) in [7, 11) is 0. The summed E-state index contributed by atoms with van der Waals surface area (Å²) in [5.41, 5.74) is -0.457. The molecule has 4 nitrogen and oxygen atoms in total. The number of halogens is 2. The van der Waals surface area contributed by atoms with E-state index in [0.717, 1.165) is 37.7 Å². The van der Waals surface area contributed by atoms with Crippen molar-refractivity contribution in [1.29, 1.82) is 0 Å². The van der Waals surface area contributed by atoms with Gasteiger partial charge < -0.3 is 14.7 Å². The van der Waals surface area contributed by atoms with Crippen molar-refractivity contribution in [1.82, 2.24) is 4.90 Å². The molecule has 0 bridgehead atoms. The van der Waals surface area contributed by atoms with E-state index < -0.39 is 15.5 Å². The summed E-state index contributed by atoms with van der Waals surface area (Å²) < 4.78 is 5.42. The van der Waals surface area contributed by atoms with Crippen LogP contribution in [0.5, 0.6) is 5.75 Å². The first-order valence-electron chi connectivity index (χ1n) is 10.3. The van der Waals surface area contributed by atoms with Crippen molar-refractivity contribution >= 4 is 29.1 Å². The van der Waals surface area contributed by atoms with E-state index >= 15 is 0 Å². The average Bonchev–Trinajstić information content (AvgIpc) is 3.29. The molecular weight excluding hydrogens is 397 g/mol. The molecule has 4 rings (SSSR count). The van der Waals surface area contributed by atoms with E-state index in [4.69, 9.17) is 27.9 Å². The number of likely N-dealkylation sites (tertiary alicyclic amines) is 1. The van der Waals surface area contributed by atoms with Gasteiger partial charge in [-0.1, -0.05) is 25.0 Å². The quantitative estimate of drug-likeness (QED) is 0.713. The van der Waals surface area contributed by atoms with Gasteiger partial charge in [-0.15, -0.1) is 23.2 Å². The average molecular weight is 426 g/mol. The van der Waals surface area contributed by atoms with E-state index in [0.29, 0.717) is 25.3 Å². The summed E-state index contributed by atoms with van der Waals surface area (Å²) in [6.07, 6.45) is 5.50. The highest BCUT2D eigenvalue weighted by molar-refractivity contribution is 6.51. The van der Waals surface area contributed by atoms with Crippen LogP contribution in [0.3, 0.4) is 0 Å². The fourth-order valence-corrected chi connectivity index (χ4v) is 5.38. The summed E-state index contributed by atoms with van der Waals surface area (Å²) in [6, 6.07) is 7.69. The summed E-state index contributed by atoms with van der Waals surface area (Å²) in [4.78, 5) is 15.0. The number of hydrogen-bond acceptors (Lipinski definition) is 3. The predicted octanol–water partition coefficient (Wildman–Crippen LogP) is 4.66. The van der Waals surface area contributed by atoms with Gasteiger partial charge in [0.1, 0.15) is 10.1 Å². The zero-order valence-corrected chi connectivity index (χ0v) is 18.1. The highest BCUT2D eigenvalue weighted by Crippen LogP contribution is 2.59. The van der Waals surface area contributed by atoms with Crippen LogP contribution in [-0.2, 0) is 4.79 Å². The number of piperidine rings is 1. The number of fused-ring (bicyclic) bond motifs is 1. The first-order chi connectivity index (χ1) is 13.1. The molecule has 6 heteroatoms. The number of rotatable bonds is 4. The number of amides is 1. The van der Waals surface area contributed by atoms with Gasteiger partial charge in [-0.3, -0.25) is 4.79 Å². The van der Waals surface area contributed by atoms with Crippen LogP contribution in [0.2, 0.25) is 0 Å². The third-order valence-corrected chi connectivity index (χ3v) is 7.55. The Balaban J connectivity index is 1.39. The smallest absolute Gasteiger partial charge is 0.266 e. The van der Waals surface area contributed by atoms with Crippen molar-refractivity contribution in [3.63, 3.8) is 0 Å². The number of hydrogen-bond donors (Lipinski definition) is 1. The lowest BCUT2D eigenvalue weighted by Crippen LogP contribution is -2.58. The zero-order chi connectivity index (χ0) is 20.2. The van der Waals surface area contributed by atoms with Crippen LogP contribution in [0.15, 0.2) is 24.3 Å². The van der Waals surface area contributed by atoms with Gasteiger partial charge in [-0.2, -0.15) is 0 Å². The minimum absolute atomic E-state index is 0.0214. The van der Waals surface area contributed by atoms with E-state index in [1.807, 2.05) is 43.0 Å². The lowest BCUT2D eigenvalue weighted by Gasteiger charge is -2.48. The number of ether oxygens (including phenoxy) is 1. The molecule has 1 N–H and O–H groups in total. The molecule has 1 saturated heterocycles. The van der Waals surface area contributed by atoms with E-state index in [1.54, 1.807) is 0 Å². The number of benzene rings is 1. The molecule has 3 fully saturated rings. The molecule has 3 atom stereocenters. The molecule has 154 valence electrons. The largest absolute Gasteiger partial charge is 0.478 e. The van der Waals surface area contributed by atoms with Crippen molar-refractivity contribution in [3.8, 4) is 5.75 Å². The third kappa shape index (κ3) is 3.88. The number of carbonyl (C=O) groups is 1. The predicted molar refractivity (Wildman–Crippen MR) is 111 cm³/mol. The summed E-state index contributed by atoms with van der Waals surface area (Å²) in [5.74, 6) is 0.983. The lowest BCUT2D eigenvalue weighted by atomic mass is 9.71. The van der Waals surface area contributed by atoms with Crippen LogP contribution in [0, 0.1) is 5.92 Å². The van der Waals surface area contributed by atoms with Crippen LogP contribution in [0.25, 0.3) is 0 Å². The standard InChI is InChI=1S/C22H29Cl2NO3/c1-20(2,28-17-8-6-15(7-9-17)18-13-22(18,23)24)19(26)25-12-11-21(27)10-4-3-5-16(21)14-25/h6-9,16,18,27H,3-5,10-14H2,1-2H3/t16-,18+,21-/m1/s1.